The molecule has 0 heterocycles. The second-order valence-electron chi connectivity index (χ2n) is 6.67. The first-order valence-electron chi connectivity index (χ1n) is 7.91. The Hall–Kier alpha value is 0.240. The molecule has 0 spiro atoms. The Labute approximate surface area is 194 Å². The smallest absolute Gasteiger partial charge is 0.0800 e. The zero-order chi connectivity index (χ0) is 19.4. The molecule has 2 aliphatic rings. The Kier molecular flexibility index (Phi) is 4.53. The van der Waals surface area contributed by atoms with E-state index in [-0.39, 0.29) is 42.0 Å². The molecule has 3 aromatic rings. The van der Waals surface area contributed by atoms with E-state index < -0.39 is 0 Å². The lowest BCUT2D eigenvalue weighted by molar-refractivity contribution is 0.808. The zero-order valence-corrected chi connectivity index (χ0v) is 19.1. The third-order valence-electron chi connectivity index (χ3n) is 5.44. The van der Waals surface area contributed by atoms with Crippen molar-refractivity contribution in [3.05, 3.63) is 63.5 Å². The highest BCUT2D eigenvalue weighted by atomic mass is 35.5. The molecule has 8 heteroatoms. The van der Waals surface area contributed by atoms with Gasteiger partial charge in [0.25, 0.3) is 0 Å². The molecule has 0 nitrogen and oxygen atoms in total. The maximum atomic E-state index is 6.65. The van der Waals surface area contributed by atoms with Gasteiger partial charge in [-0.3, -0.25) is 0 Å². The molecule has 2 unspecified atom stereocenters. The predicted octanol–water partition coefficient (Wildman–Crippen LogP) is 10.4. The van der Waals surface area contributed by atoms with Crippen molar-refractivity contribution in [2.75, 3.05) is 0 Å². The van der Waals surface area contributed by atoms with Crippen molar-refractivity contribution in [3.63, 3.8) is 0 Å². The highest BCUT2D eigenvalue weighted by molar-refractivity contribution is 6.60. The van der Waals surface area contributed by atoms with E-state index in [1.807, 2.05) is 0 Å². The number of allylic oxidation sites excluding steroid dienone is 2. The lowest BCUT2D eigenvalue weighted by Gasteiger charge is -2.23. The molecule has 2 atom stereocenters. The van der Waals surface area contributed by atoms with E-state index in [0.717, 1.165) is 28.3 Å². The normalized spacial score (nSPS) is 20.3. The summed E-state index contributed by atoms with van der Waals surface area (Å²) in [6.07, 6.45) is 5.25. The summed E-state index contributed by atoms with van der Waals surface area (Å²) in [7, 11) is 0. The summed E-state index contributed by atoms with van der Waals surface area (Å²) in [6.45, 7) is 0. The zero-order valence-electron chi connectivity index (χ0n) is 13.0. The van der Waals surface area contributed by atoms with E-state index in [1.54, 1.807) is 0 Å². The number of benzene rings is 3. The summed E-state index contributed by atoms with van der Waals surface area (Å²) in [5.74, 6) is 0.374. The van der Waals surface area contributed by atoms with E-state index >= 15 is 0 Å². The average molecular weight is 518 g/mol. The molecule has 0 saturated heterocycles. The summed E-state index contributed by atoms with van der Waals surface area (Å²) in [4.78, 5) is 0. The van der Waals surface area contributed by atoms with Crippen LogP contribution < -0.4 is 0 Å². The summed E-state index contributed by atoms with van der Waals surface area (Å²) >= 11 is 52.0. The molecule has 0 radical (unpaired) electrons. The Morgan fingerprint density at radius 2 is 0.741 bits per heavy atom. The molecule has 0 aliphatic heterocycles. The molecule has 0 amide bonds. The van der Waals surface area contributed by atoms with Crippen LogP contribution in [0.1, 0.15) is 29.4 Å². The fraction of sp³-hybridized carbons (Fsp3) is 0.158. The minimum Gasteiger partial charge on any atom is -0.0820 e. The minimum atomic E-state index is 0.161. The standard InChI is InChI=1S/C19H6Cl8/c20-12-8-6-4-1-2-5(3-4)7(6)9-11(10(8)14(22)18(26)16(12)24)15(23)19(27)17(25)13(9)21/h1-2,4-5H,3H2. The van der Waals surface area contributed by atoms with Gasteiger partial charge in [0.1, 0.15) is 0 Å². The number of hydrogen-bond acceptors (Lipinski definition) is 0. The quantitative estimate of drug-likeness (QED) is 0.120. The minimum absolute atomic E-state index is 0.161. The molecule has 2 bridgehead atoms. The van der Waals surface area contributed by atoms with Crippen LogP contribution in [0, 0.1) is 0 Å². The van der Waals surface area contributed by atoms with Crippen LogP contribution in [0.15, 0.2) is 12.2 Å². The van der Waals surface area contributed by atoms with Crippen molar-refractivity contribution in [1.29, 1.82) is 0 Å². The number of halogens is 8. The molecule has 0 N–H and O–H groups in total. The van der Waals surface area contributed by atoms with Gasteiger partial charge in [-0.25, -0.2) is 0 Å². The fourth-order valence-electron chi connectivity index (χ4n) is 4.41. The van der Waals surface area contributed by atoms with Crippen molar-refractivity contribution in [2.45, 2.75) is 18.3 Å². The molecule has 138 valence electrons. The third kappa shape index (κ3) is 2.34. The third-order valence-corrected chi connectivity index (χ3v) is 9.04. The molecular weight excluding hydrogens is 512 g/mol. The van der Waals surface area contributed by atoms with Crippen molar-refractivity contribution >= 4 is 114 Å². The maximum Gasteiger partial charge on any atom is 0.0800 e. The largest absolute Gasteiger partial charge is 0.0820 e. The molecule has 5 rings (SSSR count). The second kappa shape index (κ2) is 6.37. The summed E-state index contributed by atoms with van der Waals surface area (Å²) < 4.78 is 0. The molecule has 2 aliphatic carbocycles. The summed E-state index contributed by atoms with van der Waals surface area (Å²) in [5.41, 5.74) is 2.10. The molecule has 3 aromatic carbocycles. The Balaban J connectivity index is 2.21. The topological polar surface area (TPSA) is 0 Å². The highest BCUT2D eigenvalue weighted by Gasteiger charge is 2.39. The van der Waals surface area contributed by atoms with Crippen LogP contribution in [-0.4, -0.2) is 0 Å². The van der Waals surface area contributed by atoms with Crippen molar-refractivity contribution in [3.8, 4) is 0 Å². The number of rotatable bonds is 0. The van der Waals surface area contributed by atoms with Crippen molar-refractivity contribution < 1.29 is 0 Å². The van der Waals surface area contributed by atoms with Gasteiger partial charge in [-0.05, 0) is 17.5 Å². The predicted molar refractivity (Wildman–Crippen MR) is 121 cm³/mol. The van der Waals surface area contributed by atoms with Gasteiger partial charge in [0.2, 0.25) is 0 Å². The van der Waals surface area contributed by atoms with Gasteiger partial charge in [0.15, 0.2) is 0 Å². The highest BCUT2D eigenvalue weighted by Crippen LogP contribution is 2.60. The number of fused-ring (bicyclic) bond motifs is 10. The van der Waals surface area contributed by atoms with Gasteiger partial charge >= 0.3 is 0 Å². The lowest BCUT2D eigenvalue weighted by atomic mass is 9.86. The van der Waals surface area contributed by atoms with Crippen LogP contribution >= 0.6 is 92.8 Å². The first-order valence-corrected chi connectivity index (χ1v) is 10.9. The lowest BCUT2D eigenvalue weighted by Crippen LogP contribution is -2.00. The van der Waals surface area contributed by atoms with Crippen molar-refractivity contribution in [2.24, 2.45) is 0 Å². The summed E-state index contributed by atoms with van der Waals surface area (Å²) in [5, 5.41) is 4.64. The monoisotopic (exact) mass is 514 g/mol. The second-order valence-corrected chi connectivity index (χ2v) is 9.70. The average Bonchev–Trinajstić information content (AvgIpc) is 3.27. The van der Waals surface area contributed by atoms with E-state index in [4.69, 9.17) is 92.8 Å². The van der Waals surface area contributed by atoms with Gasteiger partial charge in [-0.15, -0.1) is 0 Å². The Bertz CT molecular complexity index is 1150. The first-order chi connectivity index (χ1) is 12.8. The molecule has 0 aromatic heterocycles. The van der Waals surface area contributed by atoms with Crippen LogP contribution in [-0.2, 0) is 0 Å². The van der Waals surface area contributed by atoms with Crippen LogP contribution in [0.3, 0.4) is 0 Å². The molecule has 0 saturated carbocycles. The van der Waals surface area contributed by atoms with Crippen LogP contribution in [0.25, 0.3) is 21.5 Å². The Morgan fingerprint density at radius 3 is 1.07 bits per heavy atom. The SMILES string of the molecule is Clc1c(Cl)c(Cl)c2c(c1Cl)c1c(c3c(Cl)c(Cl)c(Cl)c(Cl)c32)C2C=CC1C2. The maximum absolute atomic E-state index is 6.65. The van der Waals surface area contributed by atoms with Crippen LogP contribution in [0.4, 0.5) is 0 Å². The van der Waals surface area contributed by atoms with Gasteiger partial charge in [-0.2, -0.15) is 0 Å². The molecule has 0 fully saturated rings. The van der Waals surface area contributed by atoms with Gasteiger partial charge in [0.05, 0.1) is 40.2 Å². The van der Waals surface area contributed by atoms with Crippen LogP contribution in [0.5, 0.6) is 0 Å². The van der Waals surface area contributed by atoms with Gasteiger partial charge in [0, 0.05) is 33.4 Å². The Morgan fingerprint density at radius 1 is 0.444 bits per heavy atom. The van der Waals surface area contributed by atoms with Crippen LogP contribution in [0.2, 0.25) is 40.2 Å². The van der Waals surface area contributed by atoms with E-state index in [1.165, 1.54) is 0 Å². The summed E-state index contributed by atoms with van der Waals surface area (Å²) in [6, 6.07) is 0. The van der Waals surface area contributed by atoms with E-state index in [2.05, 4.69) is 12.2 Å². The van der Waals surface area contributed by atoms with Crippen molar-refractivity contribution in [1.82, 2.24) is 0 Å². The van der Waals surface area contributed by atoms with Gasteiger partial charge in [-0.1, -0.05) is 105 Å². The van der Waals surface area contributed by atoms with Gasteiger partial charge < -0.3 is 0 Å². The van der Waals surface area contributed by atoms with E-state index in [0.29, 0.717) is 20.8 Å². The molecular formula is C19H6Cl8. The van der Waals surface area contributed by atoms with E-state index in [9.17, 15) is 0 Å². The number of hydrogen-bond donors (Lipinski definition) is 0. The molecule has 27 heavy (non-hydrogen) atoms. The first kappa shape index (κ1) is 19.2. The fourth-order valence-corrected chi connectivity index (χ4v) is 6.50.